The van der Waals surface area contributed by atoms with E-state index in [9.17, 15) is 4.79 Å². The molecule has 3 aliphatic heterocycles. The first-order chi connectivity index (χ1) is 11.8. The van der Waals surface area contributed by atoms with Gasteiger partial charge < -0.3 is 15.0 Å². The highest BCUT2D eigenvalue weighted by atomic mass is 16.5. The Balaban J connectivity index is 1.49. The van der Waals surface area contributed by atoms with Gasteiger partial charge >= 0.3 is 0 Å². The van der Waals surface area contributed by atoms with E-state index in [2.05, 4.69) is 23.5 Å². The number of hydrogen-bond acceptors (Lipinski definition) is 3. The van der Waals surface area contributed by atoms with Crippen LogP contribution >= 0.6 is 0 Å². The predicted molar refractivity (Wildman–Crippen MR) is 95.4 cm³/mol. The van der Waals surface area contributed by atoms with E-state index >= 15 is 0 Å². The molecule has 4 nitrogen and oxygen atoms in total. The number of rotatable bonds is 3. The number of carbonyl (C=O) groups excluding carboxylic acids is 1. The van der Waals surface area contributed by atoms with E-state index in [0.717, 1.165) is 63.5 Å². The van der Waals surface area contributed by atoms with Crippen LogP contribution in [0.25, 0.3) is 0 Å². The fourth-order valence-corrected chi connectivity index (χ4v) is 4.37. The number of anilines is 1. The molecule has 2 saturated heterocycles. The second kappa shape index (κ2) is 7.24. The summed E-state index contributed by atoms with van der Waals surface area (Å²) in [6, 6.07) is 6.77. The smallest absolute Gasteiger partial charge is 0.256 e. The van der Waals surface area contributed by atoms with Crippen molar-refractivity contribution < 1.29 is 9.53 Å². The molecule has 2 fully saturated rings. The van der Waals surface area contributed by atoms with Crippen LogP contribution in [0.5, 0.6) is 0 Å². The van der Waals surface area contributed by atoms with Crippen molar-refractivity contribution in [3.05, 3.63) is 29.3 Å². The van der Waals surface area contributed by atoms with Crippen LogP contribution in [0.15, 0.2) is 18.2 Å². The summed E-state index contributed by atoms with van der Waals surface area (Å²) in [6.45, 7) is 3.87. The van der Waals surface area contributed by atoms with Crippen LogP contribution in [-0.4, -0.2) is 38.3 Å². The summed E-state index contributed by atoms with van der Waals surface area (Å²) in [5.41, 5.74) is 3.90. The van der Waals surface area contributed by atoms with E-state index in [1.54, 1.807) is 0 Å². The number of nitrogens with one attached hydrogen (secondary N) is 1. The lowest BCUT2D eigenvalue weighted by molar-refractivity contribution is -0.127. The van der Waals surface area contributed by atoms with E-state index in [0.29, 0.717) is 0 Å². The van der Waals surface area contributed by atoms with Crippen LogP contribution < -0.4 is 10.2 Å². The number of fused-ring (bicyclic) bond motifs is 1. The van der Waals surface area contributed by atoms with E-state index in [4.69, 9.17) is 4.74 Å². The second-order valence-electron chi connectivity index (χ2n) is 7.46. The molecule has 1 aromatic carbocycles. The summed E-state index contributed by atoms with van der Waals surface area (Å²) in [7, 11) is 0. The zero-order valence-electron chi connectivity index (χ0n) is 14.4. The van der Waals surface area contributed by atoms with Gasteiger partial charge in [0.2, 0.25) is 0 Å². The third-order valence-corrected chi connectivity index (χ3v) is 5.72. The molecule has 0 aliphatic carbocycles. The first-order valence-electron chi connectivity index (χ1n) is 9.57. The normalized spacial score (nSPS) is 24.8. The first-order valence-corrected chi connectivity index (χ1v) is 9.57. The van der Waals surface area contributed by atoms with Crippen LogP contribution in [0, 0.1) is 5.92 Å². The Hall–Kier alpha value is -1.39. The third kappa shape index (κ3) is 3.35. The van der Waals surface area contributed by atoms with Gasteiger partial charge in [-0.25, -0.2) is 0 Å². The molecule has 1 amide bonds. The van der Waals surface area contributed by atoms with Crippen molar-refractivity contribution in [2.24, 2.45) is 5.92 Å². The lowest BCUT2D eigenvalue weighted by atomic mass is 9.89. The molecule has 1 atom stereocenters. The van der Waals surface area contributed by atoms with Crippen LogP contribution in [0.3, 0.4) is 0 Å². The Morgan fingerprint density at radius 2 is 2.08 bits per heavy atom. The van der Waals surface area contributed by atoms with Gasteiger partial charge in [-0.3, -0.25) is 4.79 Å². The maximum absolute atomic E-state index is 12.8. The van der Waals surface area contributed by atoms with Crippen LogP contribution in [0.2, 0.25) is 0 Å². The molecule has 24 heavy (non-hydrogen) atoms. The summed E-state index contributed by atoms with van der Waals surface area (Å²) in [6.07, 6.45) is 7.54. The van der Waals surface area contributed by atoms with Crippen molar-refractivity contribution in [2.45, 2.75) is 51.0 Å². The Kier molecular flexibility index (Phi) is 4.86. The number of amides is 1. The molecule has 0 spiro atoms. The maximum Gasteiger partial charge on any atom is 0.256 e. The number of aryl methyl sites for hydroxylation is 1. The van der Waals surface area contributed by atoms with Gasteiger partial charge in [0.25, 0.3) is 5.91 Å². The zero-order valence-corrected chi connectivity index (χ0v) is 14.4. The average Bonchev–Trinajstić information content (AvgIpc) is 3.16. The lowest BCUT2D eigenvalue weighted by Gasteiger charge is -2.32. The third-order valence-electron chi connectivity index (χ3n) is 5.72. The molecule has 1 aromatic rings. The Morgan fingerprint density at radius 3 is 2.88 bits per heavy atom. The van der Waals surface area contributed by atoms with Gasteiger partial charge in [-0.15, -0.1) is 0 Å². The highest BCUT2D eigenvalue weighted by Gasteiger charge is 2.31. The van der Waals surface area contributed by atoms with E-state index in [-0.39, 0.29) is 12.0 Å². The molecule has 1 N–H and O–H groups in total. The first kappa shape index (κ1) is 16.1. The quantitative estimate of drug-likeness (QED) is 0.927. The van der Waals surface area contributed by atoms with Crippen molar-refractivity contribution in [3.8, 4) is 0 Å². The molecule has 0 aromatic heterocycles. The number of nitrogens with zero attached hydrogens (tertiary/aromatic N) is 1. The van der Waals surface area contributed by atoms with Crippen LogP contribution in [0.4, 0.5) is 5.69 Å². The fourth-order valence-electron chi connectivity index (χ4n) is 4.37. The van der Waals surface area contributed by atoms with Crippen molar-refractivity contribution >= 4 is 11.6 Å². The minimum Gasteiger partial charge on any atom is -0.368 e. The SMILES string of the molecule is O=C(C1CCCO1)N1CCCc2cc(CC3CCNCC3)ccc21. The number of piperidine rings is 1. The van der Waals surface area contributed by atoms with Gasteiger partial charge in [-0.05, 0) is 81.1 Å². The molecule has 3 aliphatic rings. The van der Waals surface area contributed by atoms with Gasteiger partial charge in [0.1, 0.15) is 6.10 Å². The Labute approximate surface area is 144 Å². The number of ether oxygens (including phenoxy) is 1. The second-order valence-corrected chi connectivity index (χ2v) is 7.46. The largest absolute Gasteiger partial charge is 0.368 e. The molecule has 0 saturated carbocycles. The number of benzene rings is 1. The molecular formula is C20H28N2O2. The molecule has 4 rings (SSSR count). The Morgan fingerprint density at radius 1 is 1.21 bits per heavy atom. The molecule has 1 unspecified atom stereocenters. The fraction of sp³-hybridized carbons (Fsp3) is 0.650. The summed E-state index contributed by atoms with van der Waals surface area (Å²) in [5, 5.41) is 3.44. The Bertz CT molecular complexity index is 589. The summed E-state index contributed by atoms with van der Waals surface area (Å²) in [4.78, 5) is 14.7. The standard InChI is InChI=1S/C20H28N2O2/c23-20(19-4-2-12-24-19)22-11-1-3-17-14-16(5-6-18(17)22)13-15-7-9-21-10-8-15/h5-6,14-15,19,21H,1-4,7-13H2. The predicted octanol–water partition coefficient (Wildman–Crippen LogP) is 2.69. The van der Waals surface area contributed by atoms with Crippen LogP contribution in [-0.2, 0) is 22.4 Å². The highest BCUT2D eigenvalue weighted by molar-refractivity contribution is 5.97. The topological polar surface area (TPSA) is 41.6 Å². The van der Waals surface area contributed by atoms with E-state index < -0.39 is 0 Å². The minimum atomic E-state index is -0.217. The molecule has 4 heteroatoms. The van der Waals surface area contributed by atoms with E-state index in [1.165, 1.54) is 30.4 Å². The monoisotopic (exact) mass is 328 g/mol. The van der Waals surface area contributed by atoms with Gasteiger partial charge in [0.05, 0.1) is 0 Å². The number of hydrogen-bond donors (Lipinski definition) is 1. The average molecular weight is 328 g/mol. The summed E-state index contributed by atoms with van der Waals surface area (Å²) >= 11 is 0. The molecular weight excluding hydrogens is 300 g/mol. The lowest BCUT2D eigenvalue weighted by Crippen LogP contribution is -2.42. The van der Waals surface area contributed by atoms with Crippen molar-refractivity contribution in [1.29, 1.82) is 0 Å². The van der Waals surface area contributed by atoms with Crippen molar-refractivity contribution in [3.63, 3.8) is 0 Å². The number of carbonyl (C=O) groups is 1. The van der Waals surface area contributed by atoms with Gasteiger partial charge in [-0.1, -0.05) is 12.1 Å². The summed E-state index contributed by atoms with van der Waals surface area (Å²) < 4.78 is 5.61. The minimum absolute atomic E-state index is 0.166. The highest BCUT2D eigenvalue weighted by Crippen LogP contribution is 2.31. The zero-order chi connectivity index (χ0) is 16.4. The molecule has 3 heterocycles. The van der Waals surface area contributed by atoms with Gasteiger partial charge in [-0.2, -0.15) is 0 Å². The molecule has 0 radical (unpaired) electrons. The van der Waals surface area contributed by atoms with Crippen molar-refractivity contribution in [1.82, 2.24) is 5.32 Å². The van der Waals surface area contributed by atoms with Crippen LogP contribution in [0.1, 0.15) is 43.2 Å². The van der Waals surface area contributed by atoms with Crippen molar-refractivity contribution in [2.75, 3.05) is 31.1 Å². The van der Waals surface area contributed by atoms with Gasteiger partial charge in [0.15, 0.2) is 0 Å². The molecule has 0 bridgehead atoms. The maximum atomic E-state index is 12.8. The van der Waals surface area contributed by atoms with E-state index in [1.807, 2.05) is 4.90 Å². The summed E-state index contributed by atoms with van der Waals surface area (Å²) in [5.74, 6) is 0.970. The van der Waals surface area contributed by atoms with Gasteiger partial charge in [0, 0.05) is 18.8 Å². The molecule has 130 valence electrons.